The maximum absolute atomic E-state index is 14.6. The Hall–Kier alpha value is -2.58. The number of halogens is 2. The quantitative estimate of drug-likeness (QED) is 0.457. The van der Waals surface area contributed by atoms with Crippen molar-refractivity contribution < 1.29 is 8.78 Å². The molecule has 0 aromatic heterocycles. The number of anilines is 1. The molecule has 148 valence electrons. The zero-order chi connectivity index (χ0) is 20.1. The Bertz CT molecular complexity index is 856. The Kier molecular flexibility index (Phi) is 6.53. The van der Waals surface area contributed by atoms with Crippen LogP contribution in [0.15, 0.2) is 41.5 Å². The Morgan fingerprint density at radius 2 is 1.82 bits per heavy atom. The molecular weight excluding hydrogens is 380 g/mol. The lowest BCUT2D eigenvalue weighted by molar-refractivity contribution is 0.248. The molecule has 1 heterocycles. The predicted octanol–water partition coefficient (Wildman–Crippen LogP) is 2.76. The third kappa shape index (κ3) is 5.02. The Morgan fingerprint density at radius 1 is 1.18 bits per heavy atom. The lowest BCUT2D eigenvalue weighted by Gasteiger charge is -2.36. The topological polar surface area (TPSA) is 56.9 Å². The van der Waals surface area contributed by atoms with Gasteiger partial charge in [0, 0.05) is 38.3 Å². The third-order valence-electron chi connectivity index (χ3n) is 4.77. The molecule has 1 aliphatic heterocycles. The van der Waals surface area contributed by atoms with Crippen LogP contribution in [0.25, 0.3) is 0 Å². The first-order chi connectivity index (χ1) is 13.4. The summed E-state index contributed by atoms with van der Waals surface area (Å²) in [5, 5.41) is 3.71. The van der Waals surface area contributed by atoms with Crippen molar-refractivity contribution in [2.24, 2.45) is 10.8 Å². The first-order valence-electron chi connectivity index (χ1n) is 9.03. The number of aryl methyl sites for hydroxylation is 1. The highest BCUT2D eigenvalue weighted by molar-refractivity contribution is 7.80. The number of hydrazone groups is 1. The predicted molar refractivity (Wildman–Crippen MR) is 113 cm³/mol. The van der Waals surface area contributed by atoms with Crippen LogP contribution in [0.3, 0.4) is 0 Å². The van der Waals surface area contributed by atoms with Crippen molar-refractivity contribution in [1.82, 2.24) is 10.3 Å². The van der Waals surface area contributed by atoms with Gasteiger partial charge in [-0.15, -0.1) is 0 Å². The summed E-state index contributed by atoms with van der Waals surface area (Å²) in [6.07, 6.45) is 1.27. The fraction of sp³-hybridized carbons (Fsp3) is 0.300. The molecule has 0 unspecified atom stereocenters. The molecule has 0 amide bonds. The first-order valence-corrected chi connectivity index (χ1v) is 9.44. The molecule has 5 nitrogen and oxygen atoms in total. The van der Waals surface area contributed by atoms with Crippen LogP contribution in [0.5, 0.6) is 0 Å². The van der Waals surface area contributed by atoms with Gasteiger partial charge in [0.25, 0.3) is 0 Å². The molecule has 0 spiro atoms. The largest absolute Gasteiger partial charge is 0.375 e. The number of rotatable bonds is 5. The number of benzene rings is 2. The van der Waals surface area contributed by atoms with Crippen LogP contribution >= 0.6 is 12.2 Å². The highest BCUT2D eigenvalue weighted by Gasteiger charge is 2.23. The number of hydrogen-bond donors (Lipinski definition) is 2. The van der Waals surface area contributed by atoms with Gasteiger partial charge in [-0.3, -0.25) is 10.3 Å². The van der Waals surface area contributed by atoms with E-state index in [9.17, 15) is 8.78 Å². The molecule has 1 aliphatic rings. The highest BCUT2D eigenvalue weighted by Crippen LogP contribution is 2.26. The van der Waals surface area contributed by atoms with E-state index in [1.165, 1.54) is 29.5 Å². The van der Waals surface area contributed by atoms with E-state index in [1.807, 2.05) is 12.1 Å². The zero-order valence-electron chi connectivity index (χ0n) is 15.7. The molecule has 0 saturated carbocycles. The number of hydrogen-bond acceptors (Lipinski definition) is 4. The van der Waals surface area contributed by atoms with Gasteiger partial charge in [0.05, 0.1) is 6.21 Å². The Labute approximate surface area is 168 Å². The summed E-state index contributed by atoms with van der Waals surface area (Å²) in [6, 6.07) is 10.8. The van der Waals surface area contributed by atoms with E-state index in [0.717, 1.165) is 19.6 Å². The van der Waals surface area contributed by atoms with Crippen LogP contribution < -0.4 is 16.1 Å². The second kappa shape index (κ2) is 9.07. The van der Waals surface area contributed by atoms with Gasteiger partial charge >= 0.3 is 0 Å². The minimum atomic E-state index is -0.607. The molecule has 0 atom stereocenters. The van der Waals surface area contributed by atoms with Crippen molar-refractivity contribution in [2.75, 3.05) is 31.1 Å². The molecule has 1 fully saturated rings. The third-order valence-corrected chi connectivity index (χ3v) is 4.86. The fourth-order valence-electron chi connectivity index (χ4n) is 3.29. The Balaban J connectivity index is 1.64. The molecule has 2 aromatic carbocycles. The normalized spacial score (nSPS) is 15.2. The number of nitrogens with zero attached hydrogens (tertiary/aromatic N) is 3. The first kappa shape index (κ1) is 20.2. The minimum Gasteiger partial charge on any atom is -0.375 e. The van der Waals surface area contributed by atoms with E-state index in [4.69, 9.17) is 5.73 Å². The van der Waals surface area contributed by atoms with Gasteiger partial charge in [-0.25, -0.2) is 8.78 Å². The summed E-state index contributed by atoms with van der Waals surface area (Å²) >= 11 is 4.62. The molecule has 8 heteroatoms. The number of nitrogens with two attached hydrogens (primary N) is 1. The number of piperazine rings is 1. The van der Waals surface area contributed by atoms with Crippen molar-refractivity contribution in [1.29, 1.82) is 0 Å². The zero-order valence-corrected chi connectivity index (χ0v) is 16.5. The van der Waals surface area contributed by atoms with Crippen molar-refractivity contribution in [3.63, 3.8) is 0 Å². The molecule has 3 N–H and O–H groups in total. The van der Waals surface area contributed by atoms with Crippen LogP contribution in [-0.2, 0) is 6.54 Å². The maximum atomic E-state index is 14.6. The van der Waals surface area contributed by atoms with Gasteiger partial charge in [0.1, 0.15) is 17.3 Å². The van der Waals surface area contributed by atoms with Crippen LogP contribution in [-0.4, -0.2) is 42.4 Å². The standard InChI is InChI=1S/C20H23F2N5S/c1-14-4-2-3-5-16(14)13-26-6-8-27(9-7-26)19-17(21)10-15(11-18(19)22)12-24-25-20(23)28/h2-5,10-12H,6-9,13H2,1H3,(H3,23,25,28)/b24-12+. The van der Waals surface area contributed by atoms with Gasteiger partial charge in [-0.05, 0) is 42.4 Å². The highest BCUT2D eigenvalue weighted by atomic mass is 32.1. The van der Waals surface area contributed by atoms with Crippen LogP contribution in [0.4, 0.5) is 14.5 Å². The van der Waals surface area contributed by atoms with Gasteiger partial charge in [-0.2, -0.15) is 5.10 Å². The molecule has 0 aliphatic carbocycles. The molecule has 0 radical (unpaired) electrons. The van der Waals surface area contributed by atoms with Gasteiger partial charge in [0.2, 0.25) is 0 Å². The number of thiocarbonyl (C=S) groups is 1. The van der Waals surface area contributed by atoms with Crippen molar-refractivity contribution in [2.45, 2.75) is 13.5 Å². The minimum absolute atomic E-state index is 0.00926. The van der Waals surface area contributed by atoms with E-state index in [2.05, 4.69) is 46.7 Å². The summed E-state index contributed by atoms with van der Waals surface area (Å²) in [5.41, 5.74) is 10.4. The average molecular weight is 404 g/mol. The summed E-state index contributed by atoms with van der Waals surface area (Å²) in [5.74, 6) is -1.21. The second-order valence-corrected chi connectivity index (χ2v) is 7.20. The average Bonchev–Trinajstić information content (AvgIpc) is 2.64. The lowest BCUT2D eigenvalue weighted by Crippen LogP contribution is -2.46. The van der Waals surface area contributed by atoms with E-state index in [0.29, 0.717) is 18.7 Å². The van der Waals surface area contributed by atoms with E-state index < -0.39 is 11.6 Å². The molecule has 2 aromatic rings. The molecule has 1 saturated heterocycles. The van der Waals surface area contributed by atoms with Gasteiger partial charge in [-0.1, -0.05) is 24.3 Å². The van der Waals surface area contributed by atoms with Crippen molar-refractivity contribution >= 4 is 29.2 Å². The SMILES string of the molecule is Cc1ccccc1CN1CCN(c2c(F)cc(/C=N/NC(N)=S)cc2F)CC1. The number of nitrogens with one attached hydrogen (secondary N) is 1. The maximum Gasteiger partial charge on any atom is 0.184 e. The van der Waals surface area contributed by atoms with E-state index in [-0.39, 0.29) is 10.8 Å². The summed E-state index contributed by atoms with van der Waals surface area (Å²) in [7, 11) is 0. The van der Waals surface area contributed by atoms with Crippen molar-refractivity contribution in [3.8, 4) is 0 Å². The summed E-state index contributed by atoms with van der Waals surface area (Å²) in [4.78, 5) is 4.06. The molecular formula is C20H23F2N5S. The second-order valence-electron chi connectivity index (χ2n) is 6.76. The van der Waals surface area contributed by atoms with E-state index in [1.54, 1.807) is 4.90 Å². The fourth-order valence-corrected chi connectivity index (χ4v) is 3.34. The van der Waals surface area contributed by atoms with E-state index >= 15 is 0 Å². The van der Waals surface area contributed by atoms with Crippen LogP contribution in [0.1, 0.15) is 16.7 Å². The molecule has 3 rings (SSSR count). The smallest absolute Gasteiger partial charge is 0.184 e. The summed E-state index contributed by atoms with van der Waals surface area (Å²) in [6.45, 7) is 5.56. The molecule has 28 heavy (non-hydrogen) atoms. The van der Waals surface area contributed by atoms with Crippen molar-refractivity contribution in [3.05, 3.63) is 64.7 Å². The Morgan fingerprint density at radius 3 is 2.43 bits per heavy atom. The van der Waals surface area contributed by atoms with Crippen LogP contribution in [0, 0.1) is 18.6 Å². The van der Waals surface area contributed by atoms with Crippen LogP contribution in [0.2, 0.25) is 0 Å². The monoisotopic (exact) mass is 403 g/mol. The van der Waals surface area contributed by atoms with Gasteiger partial charge in [0.15, 0.2) is 5.11 Å². The summed E-state index contributed by atoms with van der Waals surface area (Å²) < 4.78 is 29.1. The van der Waals surface area contributed by atoms with Gasteiger partial charge < -0.3 is 10.6 Å². The lowest BCUT2D eigenvalue weighted by atomic mass is 10.1. The molecule has 0 bridgehead atoms.